The summed E-state index contributed by atoms with van der Waals surface area (Å²) >= 11 is 0. The van der Waals surface area contributed by atoms with Crippen molar-refractivity contribution in [3.63, 3.8) is 0 Å². The second-order valence-electron chi connectivity index (χ2n) is 6.04. The van der Waals surface area contributed by atoms with E-state index < -0.39 is 0 Å². The number of benzene rings is 1. The van der Waals surface area contributed by atoms with Crippen molar-refractivity contribution in [1.82, 2.24) is 29.8 Å². The predicted octanol–water partition coefficient (Wildman–Crippen LogP) is 1.75. The summed E-state index contributed by atoms with van der Waals surface area (Å²) < 4.78 is 7.25. The number of anilines is 1. The molecule has 3 heterocycles. The van der Waals surface area contributed by atoms with Crippen molar-refractivity contribution in [2.24, 2.45) is 0 Å². The van der Waals surface area contributed by atoms with E-state index in [1.165, 1.54) is 0 Å². The number of nitrogens with one attached hydrogen (secondary N) is 1. The van der Waals surface area contributed by atoms with Crippen LogP contribution in [-0.4, -0.2) is 57.9 Å². The third kappa shape index (κ3) is 3.80. The van der Waals surface area contributed by atoms with Crippen molar-refractivity contribution < 1.29 is 4.74 Å². The standard InChI is InChI=1S/C19H21N7O/c1-20-7-6-15-4-2-3-5-16(15)17-22-18(25-10-12-27-13-11-25)24-19(23-17)26-9-8-21-14-26/h2-9,14,20H,10-13H2,1H3/b7-6-. The van der Waals surface area contributed by atoms with Crippen molar-refractivity contribution in [2.75, 3.05) is 38.3 Å². The summed E-state index contributed by atoms with van der Waals surface area (Å²) in [6, 6.07) is 8.05. The number of ether oxygens (including phenoxy) is 1. The van der Waals surface area contributed by atoms with Gasteiger partial charge in [-0.1, -0.05) is 24.3 Å². The van der Waals surface area contributed by atoms with E-state index in [4.69, 9.17) is 14.7 Å². The molecule has 8 nitrogen and oxygen atoms in total. The maximum absolute atomic E-state index is 5.46. The lowest BCUT2D eigenvalue weighted by molar-refractivity contribution is 0.122. The van der Waals surface area contributed by atoms with Crippen LogP contribution in [0.5, 0.6) is 0 Å². The number of nitrogens with zero attached hydrogens (tertiary/aromatic N) is 6. The van der Waals surface area contributed by atoms with Crippen molar-refractivity contribution in [1.29, 1.82) is 0 Å². The Morgan fingerprint density at radius 3 is 2.67 bits per heavy atom. The third-order valence-corrected chi connectivity index (χ3v) is 4.27. The van der Waals surface area contributed by atoms with Crippen LogP contribution in [0.1, 0.15) is 5.56 Å². The first-order valence-corrected chi connectivity index (χ1v) is 8.85. The number of hydrogen-bond donors (Lipinski definition) is 1. The Morgan fingerprint density at radius 1 is 1.07 bits per heavy atom. The molecule has 0 spiro atoms. The topological polar surface area (TPSA) is 81.0 Å². The smallest absolute Gasteiger partial charge is 0.240 e. The molecular formula is C19H21N7O. The zero-order valence-electron chi connectivity index (χ0n) is 15.1. The highest BCUT2D eigenvalue weighted by Gasteiger charge is 2.18. The Balaban J connectivity index is 1.82. The van der Waals surface area contributed by atoms with Gasteiger partial charge in [-0.2, -0.15) is 15.0 Å². The normalized spacial score (nSPS) is 14.6. The van der Waals surface area contributed by atoms with Crippen LogP contribution < -0.4 is 10.2 Å². The van der Waals surface area contributed by atoms with Crippen molar-refractivity contribution in [3.8, 4) is 17.3 Å². The largest absolute Gasteiger partial charge is 0.394 e. The summed E-state index contributed by atoms with van der Waals surface area (Å²) in [4.78, 5) is 20.4. The van der Waals surface area contributed by atoms with Crippen LogP contribution in [0.15, 0.2) is 49.2 Å². The monoisotopic (exact) mass is 363 g/mol. The molecule has 0 unspecified atom stereocenters. The van der Waals surface area contributed by atoms with Crippen molar-refractivity contribution in [3.05, 3.63) is 54.7 Å². The third-order valence-electron chi connectivity index (χ3n) is 4.27. The predicted molar refractivity (Wildman–Crippen MR) is 104 cm³/mol. The fraction of sp³-hybridized carbons (Fsp3) is 0.263. The summed E-state index contributed by atoms with van der Waals surface area (Å²) in [6.45, 7) is 2.86. The molecule has 27 heavy (non-hydrogen) atoms. The second-order valence-corrected chi connectivity index (χ2v) is 6.04. The van der Waals surface area contributed by atoms with Gasteiger partial charge in [-0.05, 0) is 17.8 Å². The van der Waals surface area contributed by atoms with E-state index in [0.29, 0.717) is 30.9 Å². The summed E-state index contributed by atoms with van der Waals surface area (Å²) in [7, 11) is 1.87. The number of imidazole rings is 1. The molecule has 4 rings (SSSR count). The van der Waals surface area contributed by atoms with E-state index >= 15 is 0 Å². The quantitative estimate of drug-likeness (QED) is 0.740. The zero-order valence-corrected chi connectivity index (χ0v) is 15.1. The van der Waals surface area contributed by atoms with E-state index in [9.17, 15) is 0 Å². The van der Waals surface area contributed by atoms with E-state index in [1.807, 2.05) is 49.8 Å². The van der Waals surface area contributed by atoms with E-state index in [-0.39, 0.29) is 0 Å². The molecule has 1 saturated heterocycles. The van der Waals surface area contributed by atoms with Gasteiger partial charge < -0.3 is 15.0 Å². The molecule has 1 aliphatic rings. The number of aromatic nitrogens is 5. The molecule has 138 valence electrons. The van der Waals surface area contributed by atoms with E-state index in [1.54, 1.807) is 17.1 Å². The first kappa shape index (κ1) is 17.2. The van der Waals surface area contributed by atoms with Gasteiger partial charge in [0.15, 0.2) is 5.82 Å². The lowest BCUT2D eigenvalue weighted by atomic mass is 10.1. The van der Waals surface area contributed by atoms with Crippen LogP contribution >= 0.6 is 0 Å². The van der Waals surface area contributed by atoms with Crippen LogP contribution in [0.3, 0.4) is 0 Å². The fourth-order valence-corrected chi connectivity index (χ4v) is 2.89. The van der Waals surface area contributed by atoms with Gasteiger partial charge in [0, 0.05) is 38.1 Å². The molecule has 0 aliphatic carbocycles. The van der Waals surface area contributed by atoms with Gasteiger partial charge in [0.1, 0.15) is 6.33 Å². The Bertz CT molecular complexity index is 918. The second kappa shape index (κ2) is 7.96. The van der Waals surface area contributed by atoms with Crippen LogP contribution in [0.4, 0.5) is 5.95 Å². The fourth-order valence-electron chi connectivity index (χ4n) is 2.89. The molecule has 0 bridgehead atoms. The minimum Gasteiger partial charge on any atom is -0.394 e. The Morgan fingerprint density at radius 2 is 1.89 bits per heavy atom. The minimum absolute atomic E-state index is 0.548. The number of hydrogen-bond acceptors (Lipinski definition) is 7. The van der Waals surface area contributed by atoms with E-state index in [2.05, 4.69) is 20.2 Å². The SMILES string of the molecule is CN/C=C\c1ccccc1-c1nc(N2CCOCC2)nc(-n2ccnc2)n1. The molecule has 0 radical (unpaired) electrons. The van der Waals surface area contributed by atoms with Gasteiger partial charge in [0.05, 0.1) is 13.2 Å². The molecule has 1 fully saturated rings. The molecule has 3 aromatic rings. The molecule has 2 aromatic heterocycles. The average Bonchev–Trinajstić information content (AvgIpc) is 3.28. The minimum atomic E-state index is 0.548. The average molecular weight is 363 g/mol. The molecule has 1 aromatic carbocycles. The summed E-state index contributed by atoms with van der Waals surface area (Å²) in [5.74, 6) is 1.83. The maximum atomic E-state index is 5.46. The lowest BCUT2D eigenvalue weighted by Crippen LogP contribution is -2.37. The lowest BCUT2D eigenvalue weighted by Gasteiger charge is -2.27. The van der Waals surface area contributed by atoms with Crippen LogP contribution in [0.2, 0.25) is 0 Å². The van der Waals surface area contributed by atoms with E-state index in [0.717, 1.165) is 24.2 Å². The summed E-state index contributed by atoms with van der Waals surface area (Å²) in [6.07, 6.45) is 9.12. The number of rotatable bonds is 5. The molecule has 0 amide bonds. The van der Waals surface area contributed by atoms with Gasteiger partial charge in [-0.25, -0.2) is 4.98 Å². The van der Waals surface area contributed by atoms with Gasteiger partial charge in [0.25, 0.3) is 0 Å². The zero-order chi connectivity index (χ0) is 18.5. The Hall–Kier alpha value is -3.26. The molecule has 0 saturated carbocycles. The van der Waals surface area contributed by atoms with Crippen molar-refractivity contribution >= 4 is 12.0 Å². The highest BCUT2D eigenvalue weighted by molar-refractivity contribution is 5.71. The van der Waals surface area contributed by atoms with Gasteiger partial charge in [0.2, 0.25) is 11.9 Å². The summed E-state index contributed by atoms with van der Waals surface area (Å²) in [5, 5.41) is 3.02. The molecular weight excluding hydrogens is 342 g/mol. The first-order valence-electron chi connectivity index (χ1n) is 8.85. The molecule has 1 N–H and O–H groups in total. The van der Waals surface area contributed by atoms with Crippen molar-refractivity contribution in [2.45, 2.75) is 0 Å². The molecule has 0 atom stereocenters. The molecule has 1 aliphatic heterocycles. The first-order chi connectivity index (χ1) is 13.3. The van der Waals surface area contributed by atoms with Crippen LogP contribution in [-0.2, 0) is 4.74 Å². The maximum Gasteiger partial charge on any atom is 0.240 e. The van der Waals surface area contributed by atoms with Gasteiger partial charge >= 0.3 is 0 Å². The Kier molecular flexibility index (Phi) is 5.06. The number of morpholine rings is 1. The highest BCUT2D eigenvalue weighted by Crippen LogP contribution is 2.24. The Labute approximate surface area is 157 Å². The van der Waals surface area contributed by atoms with Gasteiger partial charge in [-0.15, -0.1) is 0 Å². The van der Waals surface area contributed by atoms with Crippen LogP contribution in [0, 0.1) is 0 Å². The highest BCUT2D eigenvalue weighted by atomic mass is 16.5. The molecule has 8 heteroatoms. The summed E-state index contributed by atoms with van der Waals surface area (Å²) in [5.41, 5.74) is 1.98. The van der Waals surface area contributed by atoms with Gasteiger partial charge in [-0.3, -0.25) is 4.57 Å². The van der Waals surface area contributed by atoms with Crippen LogP contribution in [0.25, 0.3) is 23.4 Å².